The zero-order valence-electron chi connectivity index (χ0n) is 19.9. The van der Waals surface area contributed by atoms with E-state index in [0.29, 0.717) is 18.7 Å². The molecule has 1 aromatic carbocycles. The number of carbonyl (C=O) groups excluding carboxylic acids is 3. The highest BCUT2D eigenvalue weighted by Gasteiger charge is 2.33. The zero-order chi connectivity index (χ0) is 26.1. The number of benzene rings is 1. The normalized spacial score (nSPS) is 18.4. The third-order valence-corrected chi connectivity index (χ3v) is 5.95. The van der Waals surface area contributed by atoms with Crippen LogP contribution in [0.5, 0.6) is 0 Å². The van der Waals surface area contributed by atoms with Crippen molar-refractivity contribution in [3.05, 3.63) is 54.1 Å². The lowest BCUT2D eigenvalue weighted by molar-refractivity contribution is -0.142. The predicted molar refractivity (Wildman–Crippen MR) is 129 cm³/mol. The molecule has 7 N–H and O–H groups in total. The number of nitrogens with zero attached hydrogens (tertiary/aromatic N) is 1. The summed E-state index contributed by atoms with van der Waals surface area (Å²) in [4.78, 5) is 57.2. The van der Waals surface area contributed by atoms with Crippen molar-refractivity contribution in [1.82, 2.24) is 31.2 Å². The Morgan fingerprint density at radius 1 is 1.06 bits per heavy atom. The smallest absolute Gasteiger partial charge is 0.326 e. The number of H-pyrrole nitrogens is 1. The van der Waals surface area contributed by atoms with E-state index in [9.17, 15) is 29.4 Å². The molecule has 1 fully saturated rings. The highest BCUT2D eigenvalue weighted by molar-refractivity contribution is 5.94. The van der Waals surface area contributed by atoms with Gasteiger partial charge in [-0.25, -0.2) is 9.78 Å². The van der Waals surface area contributed by atoms with Crippen molar-refractivity contribution in [1.29, 1.82) is 0 Å². The molecule has 12 nitrogen and oxygen atoms in total. The van der Waals surface area contributed by atoms with Crippen LogP contribution in [0.4, 0.5) is 0 Å². The summed E-state index contributed by atoms with van der Waals surface area (Å²) in [5, 5.41) is 30.5. The number of imidazole rings is 1. The van der Waals surface area contributed by atoms with Crippen LogP contribution in [0, 0.1) is 0 Å². The third kappa shape index (κ3) is 7.62. The SMILES string of the molecule is CC(O)C(NC(=O)C1CCCN1)C(=O)NC(Cc1ccccc1)C(=O)NC(Cc1cnc[nH]1)C(=O)O. The summed E-state index contributed by atoms with van der Waals surface area (Å²) in [5.41, 5.74) is 1.25. The number of carbonyl (C=O) groups is 4. The molecular weight excluding hydrogens is 468 g/mol. The van der Waals surface area contributed by atoms with Gasteiger partial charge in [-0.2, -0.15) is 0 Å². The second kappa shape index (κ2) is 12.8. The molecule has 0 saturated carbocycles. The Morgan fingerprint density at radius 3 is 2.36 bits per heavy atom. The van der Waals surface area contributed by atoms with Gasteiger partial charge in [-0.05, 0) is 31.9 Å². The van der Waals surface area contributed by atoms with Gasteiger partial charge < -0.3 is 36.5 Å². The van der Waals surface area contributed by atoms with Crippen LogP contribution in [0.15, 0.2) is 42.9 Å². The number of aromatic amines is 1. The summed E-state index contributed by atoms with van der Waals surface area (Å²) in [5.74, 6) is -3.14. The Morgan fingerprint density at radius 2 is 1.78 bits per heavy atom. The molecule has 1 aromatic heterocycles. The molecule has 36 heavy (non-hydrogen) atoms. The van der Waals surface area contributed by atoms with E-state index in [2.05, 4.69) is 31.2 Å². The molecule has 12 heteroatoms. The first-order valence-corrected chi connectivity index (χ1v) is 11.8. The van der Waals surface area contributed by atoms with Gasteiger partial charge >= 0.3 is 5.97 Å². The van der Waals surface area contributed by atoms with Gasteiger partial charge in [-0.3, -0.25) is 14.4 Å². The minimum Gasteiger partial charge on any atom is -0.480 e. The van der Waals surface area contributed by atoms with Crippen LogP contribution < -0.4 is 21.3 Å². The van der Waals surface area contributed by atoms with Crippen molar-refractivity contribution in [3.63, 3.8) is 0 Å². The Balaban J connectivity index is 1.74. The second-order valence-corrected chi connectivity index (χ2v) is 8.81. The van der Waals surface area contributed by atoms with Crippen LogP contribution in [0.25, 0.3) is 0 Å². The summed E-state index contributed by atoms with van der Waals surface area (Å²) in [7, 11) is 0. The van der Waals surface area contributed by atoms with E-state index in [-0.39, 0.29) is 12.8 Å². The number of aromatic nitrogens is 2. The zero-order valence-corrected chi connectivity index (χ0v) is 19.9. The lowest BCUT2D eigenvalue weighted by Crippen LogP contribution is -2.60. The molecule has 3 rings (SSSR count). The van der Waals surface area contributed by atoms with Crippen LogP contribution in [-0.2, 0) is 32.0 Å². The summed E-state index contributed by atoms with van der Waals surface area (Å²) < 4.78 is 0. The second-order valence-electron chi connectivity index (χ2n) is 8.81. The molecule has 0 spiro atoms. The quantitative estimate of drug-likeness (QED) is 0.191. The first kappa shape index (κ1) is 26.8. The molecule has 1 aliphatic rings. The van der Waals surface area contributed by atoms with E-state index < -0.39 is 54.0 Å². The highest BCUT2D eigenvalue weighted by atomic mass is 16.4. The van der Waals surface area contributed by atoms with Crippen LogP contribution >= 0.6 is 0 Å². The topological polar surface area (TPSA) is 186 Å². The molecule has 0 aliphatic carbocycles. The number of aliphatic hydroxyl groups is 1. The summed E-state index contributed by atoms with van der Waals surface area (Å²) in [6.45, 7) is 2.05. The van der Waals surface area contributed by atoms with Crippen molar-refractivity contribution in [3.8, 4) is 0 Å². The standard InChI is InChI=1S/C24H32N6O6/c1-14(31)20(30-21(32)17-8-5-9-26-17)23(34)28-18(10-15-6-3-2-4-7-15)22(33)29-19(24(35)36)11-16-12-25-13-27-16/h2-4,6-7,12-14,17-20,26,31H,5,8-11H2,1H3,(H,25,27)(H,28,34)(H,29,33)(H,30,32)(H,35,36). The average Bonchev–Trinajstić information content (AvgIpc) is 3.56. The average molecular weight is 501 g/mol. The van der Waals surface area contributed by atoms with E-state index >= 15 is 0 Å². The van der Waals surface area contributed by atoms with Crippen LogP contribution in [0.1, 0.15) is 31.0 Å². The maximum absolute atomic E-state index is 13.2. The monoisotopic (exact) mass is 500 g/mol. The highest BCUT2D eigenvalue weighted by Crippen LogP contribution is 2.08. The summed E-state index contributed by atoms with van der Waals surface area (Å²) >= 11 is 0. The van der Waals surface area contributed by atoms with Gasteiger partial charge in [0.25, 0.3) is 0 Å². The largest absolute Gasteiger partial charge is 0.480 e. The molecule has 5 unspecified atom stereocenters. The molecule has 5 atom stereocenters. The maximum Gasteiger partial charge on any atom is 0.326 e. The fourth-order valence-corrected chi connectivity index (χ4v) is 3.98. The number of amides is 3. The van der Waals surface area contributed by atoms with Crippen molar-refractivity contribution in [2.45, 2.75) is 62.9 Å². The molecular formula is C24H32N6O6. The lowest BCUT2D eigenvalue weighted by Gasteiger charge is -2.26. The van der Waals surface area contributed by atoms with E-state index in [1.165, 1.54) is 19.4 Å². The van der Waals surface area contributed by atoms with Crippen molar-refractivity contribution in [2.75, 3.05) is 6.54 Å². The van der Waals surface area contributed by atoms with Crippen LogP contribution in [0.2, 0.25) is 0 Å². The van der Waals surface area contributed by atoms with Gasteiger partial charge in [0.05, 0.1) is 18.5 Å². The fourth-order valence-electron chi connectivity index (χ4n) is 3.98. The first-order valence-electron chi connectivity index (χ1n) is 11.8. The number of hydrogen-bond acceptors (Lipinski definition) is 7. The van der Waals surface area contributed by atoms with E-state index in [1.807, 2.05) is 0 Å². The predicted octanol–water partition coefficient (Wildman–Crippen LogP) is -1.13. The molecule has 2 aromatic rings. The van der Waals surface area contributed by atoms with E-state index in [1.54, 1.807) is 30.3 Å². The number of rotatable bonds is 12. The maximum atomic E-state index is 13.2. The summed E-state index contributed by atoms with van der Waals surface area (Å²) in [6, 6.07) is 4.71. The number of carboxylic acid groups (broad SMARTS) is 1. The van der Waals surface area contributed by atoms with Gasteiger partial charge in [0.1, 0.15) is 18.1 Å². The molecule has 0 radical (unpaired) electrons. The Bertz CT molecular complexity index is 1020. The van der Waals surface area contributed by atoms with Gasteiger partial charge in [0.15, 0.2) is 0 Å². The van der Waals surface area contributed by atoms with Gasteiger partial charge in [-0.1, -0.05) is 30.3 Å². The van der Waals surface area contributed by atoms with E-state index in [0.717, 1.165) is 12.0 Å². The fraction of sp³-hybridized carbons (Fsp3) is 0.458. The molecule has 194 valence electrons. The Kier molecular flexibility index (Phi) is 9.53. The third-order valence-electron chi connectivity index (χ3n) is 5.95. The molecule has 0 bridgehead atoms. The van der Waals surface area contributed by atoms with Gasteiger partial charge in [-0.15, -0.1) is 0 Å². The van der Waals surface area contributed by atoms with Gasteiger partial charge in [0.2, 0.25) is 17.7 Å². The number of nitrogens with one attached hydrogen (secondary N) is 5. The van der Waals surface area contributed by atoms with Crippen LogP contribution in [0.3, 0.4) is 0 Å². The minimum absolute atomic E-state index is 0.0339. The molecule has 1 saturated heterocycles. The Hall–Kier alpha value is -3.77. The number of aliphatic carboxylic acids is 1. The van der Waals surface area contributed by atoms with E-state index in [4.69, 9.17) is 0 Å². The van der Waals surface area contributed by atoms with Crippen molar-refractivity contribution < 1.29 is 29.4 Å². The lowest BCUT2D eigenvalue weighted by atomic mass is 10.0. The number of hydrogen-bond donors (Lipinski definition) is 7. The molecule has 2 heterocycles. The van der Waals surface area contributed by atoms with Gasteiger partial charge in [0, 0.05) is 24.7 Å². The first-order chi connectivity index (χ1) is 17.2. The molecule has 3 amide bonds. The summed E-state index contributed by atoms with van der Waals surface area (Å²) in [6.07, 6.45) is 3.11. The number of aliphatic hydroxyl groups excluding tert-OH is 1. The Labute approximate surface area is 208 Å². The van der Waals surface area contributed by atoms with Crippen molar-refractivity contribution >= 4 is 23.7 Å². The van der Waals surface area contributed by atoms with Crippen LogP contribution in [-0.4, -0.2) is 80.7 Å². The number of carboxylic acids is 1. The minimum atomic E-state index is -1.30. The molecule has 1 aliphatic heterocycles. The van der Waals surface area contributed by atoms with Crippen molar-refractivity contribution in [2.24, 2.45) is 0 Å².